The minimum Gasteiger partial charge on any atom is -0.497 e. The molecule has 0 aliphatic heterocycles. The number of methoxy groups -OCH3 is 1. The van der Waals surface area contributed by atoms with Crippen molar-refractivity contribution < 1.29 is 9.53 Å². The lowest BCUT2D eigenvalue weighted by Crippen LogP contribution is -2.30. The second-order valence-electron chi connectivity index (χ2n) is 5.10. The minimum atomic E-state index is -0.220. The van der Waals surface area contributed by atoms with Gasteiger partial charge in [-0.25, -0.2) is 9.31 Å². The first kappa shape index (κ1) is 14.9. The molecule has 2 N–H and O–H groups in total. The summed E-state index contributed by atoms with van der Waals surface area (Å²) in [5, 5.41) is 9.78. The highest BCUT2D eigenvalue weighted by Gasteiger charge is 2.03. The van der Waals surface area contributed by atoms with E-state index >= 15 is 0 Å². The number of pyridine rings is 1. The van der Waals surface area contributed by atoms with Crippen molar-refractivity contribution in [1.29, 1.82) is 0 Å². The van der Waals surface area contributed by atoms with Crippen LogP contribution >= 0.6 is 0 Å². The number of hydrogen-bond acceptors (Lipinski definition) is 3. The molecule has 2 heterocycles. The lowest BCUT2D eigenvalue weighted by atomic mass is 10.1. The Morgan fingerprint density at radius 2 is 2.04 bits per heavy atom. The highest BCUT2D eigenvalue weighted by Crippen LogP contribution is 2.12. The van der Waals surface area contributed by atoms with Crippen LogP contribution in [0.25, 0.3) is 5.52 Å². The molecule has 0 spiro atoms. The molecule has 0 aliphatic carbocycles. The Morgan fingerprint density at radius 1 is 1.22 bits per heavy atom. The van der Waals surface area contributed by atoms with Gasteiger partial charge in [-0.3, -0.25) is 0 Å². The number of benzene rings is 1. The molecule has 23 heavy (non-hydrogen) atoms. The average Bonchev–Trinajstić information content (AvgIpc) is 3.03. The van der Waals surface area contributed by atoms with Crippen molar-refractivity contribution >= 4 is 17.2 Å². The zero-order chi connectivity index (χ0) is 16.1. The molecule has 2 aromatic heterocycles. The Morgan fingerprint density at radius 3 is 2.83 bits per heavy atom. The van der Waals surface area contributed by atoms with Crippen molar-refractivity contribution in [2.24, 2.45) is 0 Å². The number of rotatable bonds is 5. The predicted molar refractivity (Wildman–Crippen MR) is 88.9 cm³/mol. The van der Waals surface area contributed by atoms with Crippen LogP contribution in [0.2, 0.25) is 0 Å². The Bertz CT molecular complexity index is 796. The summed E-state index contributed by atoms with van der Waals surface area (Å²) in [6, 6.07) is 13.2. The minimum absolute atomic E-state index is 0.220. The molecule has 0 fully saturated rings. The van der Waals surface area contributed by atoms with Crippen molar-refractivity contribution in [2.45, 2.75) is 6.42 Å². The molecule has 3 rings (SSSR count). The van der Waals surface area contributed by atoms with Gasteiger partial charge in [-0.05, 0) is 42.3 Å². The number of urea groups is 1. The van der Waals surface area contributed by atoms with Crippen LogP contribution in [0.4, 0.5) is 10.5 Å². The summed E-state index contributed by atoms with van der Waals surface area (Å²) < 4.78 is 6.86. The second kappa shape index (κ2) is 6.83. The number of carbonyl (C=O) groups is 1. The average molecular weight is 310 g/mol. The SMILES string of the molecule is COc1ccc(CCNC(=O)Nc2ccn3nccc3c2)cc1. The topological polar surface area (TPSA) is 67.7 Å². The van der Waals surface area contributed by atoms with Crippen molar-refractivity contribution in [2.75, 3.05) is 19.0 Å². The fourth-order valence-corrected chi connectivity index (χ4v) is 2.29. The van der Waals surface area contributed by atoms with Gasteiger partial charge < -0.3 is 15.4 Å². The number of nitrogens with one attached hydrogen (secondary N) is 2. The number of nitrogens with zero attached hydrogens (tertiary/aromatic N) is 2. The normalized spacial score (nSPS) is 10.5. The number of amides is 2. The fourth-order valence-electron chi connectivity index (χ4n) is 2.29. The molecular weight excluding hydrogens is 292 g/mol. The van der Waals surface area contributed by atoms with E-state index in [2.05, 4.69) is 15.7 Å². The van der Waals surface area contributed by atoms with Gasteiger partial charge in [-0.1, -0.05) is 12.1 Å². The number of aromatic nitrogens is 2. The number of fused-ring (bicyclic) bond motifs is 1. The Labute approximate surface area is 134 Å². The van der Waals surface area contributed by atoms with Gasteiger partial charge >= 0.3 is 6.03 Å². The molecule has 118 valence electrons. The van der Waals surface area contributed by atoms with Crippen molar-refractivity contribution in [3.8, 4) is 5.75 Å². The molecule has 0 aliphatic rings. The monoisotopic (exact) mass is 310 g/mol. The van der Waals surface area contributed by atoms with Crippen LogP contribution in [0.15, 0.2) is 54.9 Å². The molecule has 0 unspecified atom stereocenters. The van der Waals surface area contributed by atoms with Gasteiger partial charge in [-0.15, -0.1) is 0 Å². The van der Waals surface area contributed by atoms with Gasteiger partial charge in [0, 0.05) is 24.6 Å². The highest BCUT2D eigenvalue weighted by atomic mass is 16.5. The number of ether oxygens (including phenoxy) is 1. The Hall–Kier alpha value is -3.02. The van der Waals surface area contributed by atoms with Crippen LogP contribution < -0.4 is 15.4 Å². The maximum absolute atomic E-state index is 11.9. The van der Waals surface area contributed by atoms with Crippen LogP contribution in [-0.4, -0.2) is 29.3 Å². The number of anilines is 1. The zero-order valence-corrected chi connectivity index (χ0v) is 12.8. The molecule has 1 aromatic carbocycles. The maximum atomic E-state index is 11.9. The smallest absolute Gasteiger partial charge is 0.319 e. The lowest BCUT2D eigenvalue weighted by molar-refractivity contribution is 0.252. The van der Waals surface area contributed by atoms with E-state index in [0.29, 0.717) is 6.54 Å². The third-order valence-electron chi connectivity index (χ3n) is 3.52. The van der Waals surface area contributed by atoms with Gasteiger partial charge in [0.05, 0.1) is 12.6 Å². The molecule has 6 nitrogen and oxygen atoms in total. The van der Waals surface area contributed by atoms with Gasteiger partial charge in [0.2, 0.25) is 0 Å². The van der Waals surface area contributed by atoms with Gasteiger partial charge in [0.25, 0.3) is 0 Å². The van der Waals surface area contributed by atoms with Crippen molar-refractivity contribution in [1.82, 2.24) is 14.9 Å². The molecular formula is C17H18N4O2. The largest absolute Gasteiger partial charge is 0.497 e. The van der Waals surface area contributed by atoms with Crippen molar-refractivity contribution in [3.63, 3.8) is 0 Å². The van der Waals surface area contributed by atoms with E-state index in [0.717, 1.165) is 28.9 Å². The summed E-state index contributed by atoms with van der Waals surface area (Å²) in [7, 11) is 1.64. The Kier molecular flexibility index (Phi) is 4.42. The van der Waals surface area contributed by atoms with Gasteiger partial charge in [-0.2, -0.15) is 5.10 Å². The quantitative estimate of drug-likeness (QED) is 0.761. The highest BCUT2D eigenvalue weighted by molar-refractivity contribution is 5.89. The first-order valence-electron chi connectivity index (χ1n) is 7.36. The van der Waals surface area contributed by atoms with Gasteiger partial charge in [0.1, 0.15) is 5.75 Å². The second-order valence-corrected chi connectivity index (χ2v) is 5.10. The molecule has 0 bridgehead atoms. The van der Waals surface area contributed by atoms with E-state index in [1.54, 1.807) is 17.8 Å². The Balaban J connectivity index is 1.48. The van der Waals surface area contributed by atoms with E-state index in [4.69, 9.17) is 4.74 Å². The zero-order valence-electron chi connectivity index (χ0n) is 12.8. The predicted octanol–water partition coefficient (Wildman–Crippen LogP) is 2.71. The third-order valence-corrected chi connectivity index (χ3v) is 3.52. The molecule has 6 heteroatoms. The summed E-state index contributed by atoms with van der Waals surface area (Å²) in [4.78, 5) is 11.9. The number of hydrogen-bond donors (Lipinski definition) is 2. The van der Waals surface area contributed by atoms with Crippen LogP contribution in [0.1, 0.15) is 5.56 Å². The van der Waals surface area contributed by atoms with Gasteiger partial charge in [0.15, 0.2) is 0 Å². The molecule has 0 atom stereocenters. The fraction of sp³-hybridized carbons (Fsp3) is 0.176. The summed E-state index contributed by atoms with van der Waals surface area (Å²) in [6.07, 6.45) is 4.29. The lowest BCUT2D eigenvalue weighted by Gasteiger charge is -2.08. The molecule has 0 radical (unpaired) electrons. The van der Waals surface area contributed by atoms with E-state index < -0.39 is 0 Å². The van der Waals surface area contributed by atoms with Crippen LogP contribution in [-0.2, 0) is 6.42 Å². The summed E-state index contributed by atoms with van der Waals surface area (Å²) >= 11 is 0. The summed E-state index contributed by atoms with van der Waals surface area (Å²) in [5.41, 5.74) is 2.81. The maximum Gasteiger partial charge on any atom is 0.319 e. The van der Waals surface area contributed by atoms with E-state index in [1.807, 2.05) is 48.7 Å². The first-order valence-corrected chi connectivity index (χ1v) is 7.36. The van der Waals surface area contributed by atoms with Crippen LogP contribution in [0.3, 0.4) is 0 Å². The van der Waals surface area contributed by atoms with Crippen LogP contribution in [0, 0.1) is 0 Å². The van der Waals surface area contributed by atoms with E-state index in [1.165, 1.54) is 0 Å². The van der Waals surface area contributed by atoms with E-state index in [-0.39, 0.29) is 6.03 Å². The molecule has 0 saturated heterocycles. The molecule has 2 amide bonds. The first-order chi connectivity index (χ1) is 11.2. The number of carbonyl (C=O) groups excluding carboxylic acids is 1. The van der Waals surface area contributed by atoms with Crippen LogP contribution in [0.5, 0.6) is 5.75 Å². The molecule has 0 saturated carbocycles. The van der Waals surface area contributed by atoms with E-state index in [9.17, 15) is 4.79 Å². The molecule has 3 aromatic rings. The van der Waals surface area contributed by atoms with Crippen molar-refractivity contribution in [3.05, 3.63) is 60.4 Å². The standard InChI is InChI=1S/C17H18N4O2/c1-23-16-4-2-13(3-5-16)6-9-18-17(22)20-14-8-11-21-15(12-14)7-10-19-21/h2-5,7-8,10-12H,6,9H2,1H3,(H2,18,20,22). The summed E-state index contributed by atoms with van der Waals surface area (Å²) in [6.45, 7) is 0.563. The third kappa shape index (κ3) is 3.79. The summed E-state index contributed by atoms with van der Waals surface area (Å²) in [5.74, 6) is 0.828.